The van der Waals surface area contributed by atoms with Crippen LogP contribution in [-0.4, -0.2) is 44.7 Å². The van der Waals surface area contributed by atoms with E-state index in [0.717, 1.165) is 61.1 Å². The number of ether oxygens (including phenoxy) is 1. The molecule has 2 aromatic heterocycles. The molecule has 2 N–H and O–H groups in total. The molecule has 2 aromatic rings. The third kappa shape index (κ3) is 3.05. The summed E-state index contributed by atoms with van der Waals surface area (Å²) in [6, 6.07) is 2.24. The molecular weight excluding hydrogens is 370 g/mol. The van der Waals surface area contributed by atoms with E-state index >= 15 is 0 Å². The van der Waals surface area contributed by atoms with Crippen molar-refractivity contribution in [1.82, 2.24) is 19.9 Å². The number of hydrogen-bond donors (Lipinski definition) is 2. The van der Waals surface area contributed by atoms with Crippen molar-refractivity contribution in [2.75, 3.05) is 5.32 Å². The smallest absolute Gasteiger partial charge is 0.407 e. The summed E-state index contributed by atoms with van der Waals surface area (Å²) >= 11 is 0. The standard InChI is InChI=1S/C21H27N5O3/c1-20(2,3)29-19(28)24-14-9-13(10-14)23-18-15-8-12(11-27)21(5-6-21)17(15)25-16-4-7-22-26(16)18/h4,7,11-14,23H,5-6,8-10H2,1-3H3,(H,24,28). The van der Waals surface area contributed by atoms with Crippen molar-refractivity contribution < 1.29 is 14.3 Å². The maximum atomic E-state index is 12.0. The van der Waals surface area contributed by atoms with Crippen molar-refractivity contribution in [2.24, 2.45) is 5.92 Å². The summed E-state index contributed by atoms with van der Waals surface area (Å²) in [5, 5.41) is 11.0. The number of aromatic nitrogens is 3. The molecule has 0 aliphatic heterocycles. The highest BCUT2D eigenvalue weighted by atomic mass is 16.6. The summed E-state index contributed by atoms with van der Waals surface area (Å²) in [7, 11) is 0. The van der Waals surface area contributed by atoms with Crippen LogP contribution >= 0.6 is 0 Å². The van der Waals surface area contributed by atoms with Gasteiger partial charge in [-0.3, -0.25) is 0 Å². The molecule has 3 aliphatic carbocycles. The molecule has 2 fully saturated rings. The zero-order chi connectivity index (χ0) is 20.4. The fourth-order valence-corrected chi connectivity index (χ4v) is 4.76. The molecular formula is C21H27N5O3. The minimum Gasteiger partial charge on any atom is -0.444 e. The van der Waals surface area contributed by atoms with Crippen LogP contribution in [0.15, 0.2) is 12.3 Å². The van der Waals surface area contributed by atoms with E-state index < -0.39 is 5.60 Å². The van der Waals surface area contributed by atoms with Crippen LogP contribution in [0.3, 0.4) is 0 Å². The fraction of sp³-hybridized carbons (Fsp3) is 0.619. The highest BCUT2D eigenvalue weighted by Gasteiger charge is 2.57. The summed E-state index contributed by atoms with van der Waals surface area (Å²) in [5.74, 6) is 0.965. The zero-order valence-corrected chi connectivity index (χ0v) is 17.1. The number of fused-ring (bicyclic) bond motifs is 3. The first-order valence-corrected chi connectivity index (χ1v) is 10.4. The first-order valence-electron chi connectivity index (χ1n) is 10.4. The maximum absolute atomic E-state index is 12.0. The largest absolute Gasteiger partial charge is 0.444 e. The summed E-state index contributed by atoms with van der Waals surface area (Å²) in [6.07, 6.45) is 6.92. The molecule has 1 amide bonds. The Morgan fingerprint density at radius 3 is 2.72 bits per heavy atom. The normalized spacial score (nSPS) is 26.7. The van der Waals surface area contributed by atoms with Crippen molar-refractivity contribution in [3.8, 4) is 0 Å². The number of hydrogen-bond acceptors (Lipinski definition) is 6. The number of amides is 1. The van der Waals surface area contributed by atoms with Crippen LogP contribution < -0.4 is 10.6 Å². The summed E-state index contributed by atoms with van der Waals surface area (Å²) in [6.45, 7) is 5.57. The minimum atomic E-state index is -0.497. The third-order valence-corrected chi connectivity index (χ3v) is 6.39. The molecule has 0 saturated heterocycles. The topological polar surface area (TPSA) is 97.6 Å². The molecule has 2 saturated carbocycles. The molecule has 5 rings (SSSR count). The van der Waals surface area contributed by atoms with E-state index in [9.17, 15) is 9.59 Å². The highest BCUT2D eigenvalue weighted by Crippen LogP contribution is 2.59. The van der Waals surface area contributed by atoms with E-state index in [4.69, 9.17) is 9.72 Å². The molecule has 0 aromatic carbocycles. The lowest BCUT2D eigenvalue weighted by molar-refractivity contribution is -0.111. The predicted octanol–water partition coefficient (Wildman–Crippen LogP) is 2.60. The Kier molecular flexibility index (Phi) is 3.92. The Morgan fingerprint density at radius 1 is 1.31 bits per heavy atom. The average molecular weight is 397 g/mol. The Labute approximate surface area is 169 Å². The van der Waals surface area contributed by atoms with Gasteiger partial charge in [0.1, 0.15) is 17.7 Å². The SMILES string of the molecule is CC(C)(C)OC(=O)NC1CC(Nc2c3c(nc4ccnn24)C2(CC2)C(C=O)C3)C1. The maximum Gasteiger partial charge on any atom is 0.407 e. The monoisotopic (exact) mass is 397 g/mol. The second-order valence-electron chi connectivity index (χ2n) is 9.65. The molecule has 8 nitrogen and oxygen atoms in total. The van der Waals surface area contributed by atoms with Gasteiger partial charge in [0.05, 0.1) is 11.9 Å². The van der Waals surface area contributed by atoms with Crippen molar-refractivity contribution in [3.05, 3.63) is 23.5 Å². The Hall–Kier alpha value is -2.64. The van der Waals surface area contributed by atoms with Crippen LogP contribution in [0, 0.1) is 5.92 Å². The lowest BCUT2D eigenvalue weighted by Crippen LogP contribution is -2.51. The predicted molar refractivity (Wildman–Crippen MR) is 107 cm³/mol. The Balaban J connectivity index is 1.32. The zero-order valence-electron chi connectivity index (χ0n) is 17.1. The van der Waals surface area contributed by atoms with Gasteiger partial charge in [-0.25, -0.2) is 9.78 Å². The van der Waals surface area contributed by atoms with E-state index in [1.54, 1.807) is 6.20 Å². The third-order valence-electron chi connectivity index (χ3n) is 6.39. The van der Waals surface area contributed by atoms with E-state index in [1.165, 1.54) is 0 Å². The van der Waals surface area contributed by atoms with E-state index in [2.05, 4.69) is 15.7 Å². The van der Waals surface area contributed by atoms with Crippen molar-refractivity contribution in [1.29, 1.82) is 0 Å². The number of rotatable bonds is 4. The molecule has 2 heterocycles. The molecule has 154 valence electrons. The van der Waals surface area contributed by atoms with Gasteiger partial charge in [0.25, 0.3) is 0 Å². The molecule has 29 heavy (non-hydrogen) atoms. The lowest BCUT2D eigenvalue weighted by Gasteiger charge is -2.37. The van der Waals surface area contributed by atoms with E-state index in [0.29, 0.717) is 0 Å². The Morgan fingerprint density at radius 2 is 2.07 bits per heavy atom. The molecule has 0 bridgehead atoms. The summed E-state index contributed by atoms with van der Waals surface area (Å²) in [5.41, 5.74) is 2.46. The van der Waals surface area contributed by atoms with Crippen LogP contribution in [0.25, 0.3) is 5.65 Å². The molecule has 0 radical (unpaired) electrons. The van der Waals surface area contributed by atoms with Gasteiger partial charge in [-0.2, -0.15) is 9.61 Å². The number of anilines is 1. The molecule has 1 atom stereocenters. The van der Waals surface area contributed by atoms with Gasteiger partial charge in [0.2, 0.25) is 0 Å². The molecule has 1 spiro atoms. The van der Waals surface area contributed by atoms with Gasteiger partial charge in [-0.1, -0.05) is 0 Å². The van der Waals surface area contributed by atoms with Crippen LogP contribution in [0.5, 0.6) is 0 Å². The molecule has 1 unspecified atom stereocenters. The number of nitrogens with one attached hydrogen (secondary N) is 2. The van der Waals surface area contributed by atoms with Gasteiger partial charge in [0, 0.05) is 35.0 Å². The minimum absolute atomic E-state index is 0.0145. The van der Waals surface area contributed by atoms with E-state index in [1.807, 2.05) is 31.4 Å². The average Bonchev–Trinajstić information content (AvgIpc) is 3.14. The van der Waals surface area contributed by atoms with Crippen molar-refractivity contribution in [3.63, 3.8) is 0 Å². The highest BCUT2D eigenvalue weighted by molar-refractivity contribution is 5.70. The van der Waals surface area contributed by atoms with E-state index in [-0.39, 0.29) is 29.5 Å². The van der Waals surface area contributed by atoms with Gasteiger partial charge in [0.15, 0.2) is 5.65 Å². The number of carbonyl (C=O) groups is 2. The number of carbonyl (C=O) groups excluding carboxylic acids is 2. The fourth-order valence-electron chi connectivity index (χ4n) is 4.76. The van der Waals surface area contributed by atoms with Crippen molar-refractivity contribution >= 4 is 23.8 Å². The van der Waals surface area contributed by atoms with Gasteiger partial charge >= 0.3 is 6.09 Å². The van der Waals surface area contributed by atoms with Crippen LogP contribution in [0.4, 0.5) is 10.6 Å². The van der Waals surface area contributed by atoms with Gasteiger partial charge in [-0.05, 0) is 52.9 Å². The summed E-state index contributed by atoms with van der Waals surface area (Å²) in [4.78, 5) is 28.5. The molecule has 3 aliphatic rings. The van der Waals surface area contributed by atoms with Crippen LogP contribution in [-0.2, 0) is 21.4 Å². The second kappa shape index (κ2) is 6.18. The van der Waals surface area contributed by atoms with Crippen LogP contribution in [0.1, 0.15) is 57.7 Å². The van der Waals surface area contributed by atoms with Crippen molar-refractivity contribution in [2.45, 2.75) is 76.0 Å². The quantitative estimate of drug-likeness (QED) is 0.770. The first kappa shape index (κ1) is 18.4. The number of alkyl carbamates (subject to hydrolysis) is 1. The first-order chi connectivity index (χ1) is 13.8. The Bertz CT molecular complexity index is 982. The van der Waals surface area contributed by atoms with Gasteiger partial charge < -0.3 is 20.2 Å². The van der Waals surface area contributed by atoms with Crippen LogP contribution in [0.2, 0.25) is 0 Å². The summed E-state index contributed by atoms with van der Waals surface area (Å²) < 4.78 is 7.18. The molecule has 8 heteroatoms. The lowest BCUT2D eigenvalue weighted by atomic mass is 9.86. The second-order valence-corrected chi connectivity index (χ2v) is 9.65. The number of nitrogens with zero attached hydrogens (tertiary/aromatic N) is 3. The van der Waals surface area contributed by atoms with Gasteiger partial charge in [-0.15, -0.1) is 0 Å². The number of aldehydes is 1.